The van der Waals surface area contributed by atoms with Crippen LogP contribution in [0.1, 0.15) is 32.1 Å². The van der Waals surface area contributed by atoms with Gasteiger partial charge in [0.15, 0.2) is 5.60 Å². The SMILES string of the molecule is O=C(O)C1(CCCCCCOc2ccc(Cl)c(Cl)c2)CO1. The first kappa shape index (κ1) is 16.4. The van der Waals surface area contributed by atoms with E-state index in [1.807, 2.05) is 0 Å². The Labute approximate surface area is 133 Å². The fourth-order valence-corrected chi connectivity index (χ4v) is 2.37. The van der Waals surface area contributed by atoms with Gasteiger partial charge in [-0.2, -0.15) is 0 Å². The molecule has 0 aromatic heterocycles. The number of hydrogen-bond donors (Lipinski definition) is 1. The van der Waals surface area contributed by atoms with Gasteiger partial charge >= 0.3 is 5.97 Å². The van der Waals surface area contributed by atoms with E-state index in [0.717, 1.165) is 25.7 Å². The van der Waals surface area contributed by atoms with Crippen LogP contribution in [-0.2, 0) is 9.53 Å². The van der Waals surface area contributed by atoms with Gasteiger partial charge < -0.3 is 14.6 Å². The summed E-state index contributed by atoms with van der Waals surface area (Å²) in [6.45, 7) is 0.960. The predicted molar refractivity (Wildman–Crippen MR) is 81.4 cm³/mol. The predicted octanol–water partition coefficient (Wildman–Crippen LogP) is 4.18. The fourth-order valence-electron chi connectivity index (χ4n) is 2.08. The fraction of sp³-hybridized carbons (Fsp3) is 0.533. The summed E-state index contributed by atoms with van der Waals surface area (Å²) < 4.78 is 10.6. The maximum atomic E-state index is 10.9. The minimum atomic E-state index is -0.878. The van der Waals surface area contributed by atoms with E-state index in [4.69, 9.17) is 37.8 Å². The van der Waals surface area contributed by atoms with Crippen LogP contribution in [0.4, 0.5) is 0 Å². The highest BCUT2D eigenvalue weighted by atomic mass is 35.5. The van der Waals surface area contributed by atoms with Crippen LogP contribution in [0, 0.1) is 0 Å². The number of epoxide rings is 1. The number of halogens is 2. The molecule has 2 rings (SSSR count). The monoisotopic (exact) mass is 332 g/mol. The summed E-state index contributed by atoms with van der Waals surface area (Å²) in [7, 11) is 0. The van der Waals surface area contributed by atoms with Crippen molar-refractivity contribution in [3.63, 3.8) is 0 Å². The molecule has 0 radical (unpaired) electrons. The highest BCUT2D eigenvalue weighted by molar-refractivity contribution is 6.42. The molecule has 0 bridgehead atoms. The van der Waals surface area contributed by atoms with Crippen molar-refractivity contribution in [2.24, 2.45) is 0 Å². The molecule has 0 saturated carbocycles. The minimum Gasteiger partial charge on any atom is -0.494 e. The lowest BCUT2D eigenvalue weighted by molar-refractivity contribution is -0.143. The Bertz CT molecular complexity index is 500. The summed E-state index contributed by atoms with van der Waals surface area (Å²) in [6, 6.07) is 5.19. The van der Waals surface area contributed by atoms with Crippen molar-refractivity contribution in [1.82, 2.24) is 0 Å². The van der Waals surface area contributed by atoms with Gasteiger partial charge in [-0.3, -0.25) is 0 Å². The molecule has 1 aliphatic heterocycles. The second-order valence-electron chi connectivity index (χ2n) is 5.18. The smallest absolute Gasteiger partial charge is 0.338 e. The van der Waals surface area contributed by atoms with E-state index in [1.54, 1.807) is 18.2 Å². The first-order valence-corrected chi connectivity index (χ1v) is 7.74. The maximum absolute atomic E-state index is 10.9. The van der Waals surface area contributed by atoms with E-state index < -0.39 is 11.6 Å². The van der Waals surface area contributed by atoms with Gasteiger partial charge in [-0.25, -0.2) is 4.79 Å². The normalized spacial score (nSPS) is 20.3. The average molecular weight is 333 g/mol. The molecule has 1 fully saturated rings. The Morgan fingerprint density at radius 1 is 1.24 bits per heavy atom. The number of benzene rings is 1. The van der Waals surface area contributed by atoms with E-state index in [2.05, 4.69) is 0 Å². The van der Waals surface area contributed by atoms with Crippen LogP contribution in [0.25, 0.3) is 0 Å². The zero-order chi connectivity index (χ0) is 15.3. The molecule has 0 aliphatic carbocycles. The van der Waals surface area contributed by atoms with E-state index in [1.165, 1.54) is 0 Å². The molecule has 1 aromatic rings. The molecule has 1 atom stereocenters. The van der Waals surface area contributed by atoms with E-state index in [-0.39, 0.29) is 0 Å². The Kier molecular flexibility index (Phi) is 5.73. The third-order valence-corrected chi connectivity index (χ3v) is 4.26. The Hall–Kier alpha value is -0.970. The highest BCUT2D eigenvalue weighted by Crippen LogP contribution is 2.33. The Morgan fingerprint density at radius 3 is 2.57 bits per heavy atom. The molecule has 1 saturated heterocycles. The number of unbranched alkanes of at least 4 members (excludes halogenated alkanes) is 3. The molecule has 6 heteroatoms. The molecule has 1 unspecified atom stereocenters. The summed E-state index contributed by atoms with van der Waals surface area (Å²) in [6.07, 6.45) is 4.34. The summed E-state index contributed by atoms with van der Waals surface area (Å²) in [4.78, 5) is 10.9. The van der Waals surface area contributed by atoms with Crippen molar-refractivity contribution < 1.29 is 19.4 Å². The molecule has 0 amide bonds. The highest BCUT2D eigenvalue weighted by Gasteiger charge is 2.51. The summed E-state index contributed by atoms with van der Waals surface area (Å²) in [5, 5.41) is 9.94. The third kappa shape index (κ3) is 4.77. The second kappa shape index (κ2) is 7.34. The summed E-state index contributed by atoms with van der Waals surface area (Å²) >= 11 is 11.7. The van der Waals surface area contributed by atoms with E-state index in [9.17, 15) is 4.79 Å². The maximum Gasteiger partial charge on any atom is 0.338 e. The lowest BCUT2D eigenvalue weighted by Crippen LogP contribution is -2.23. The van der Waals surface area contributed by atoms with Gasteiger partial charge in [0, 0.05) is 6.07 Å². The van der Waals surface area contributed by atoms with Crippen LogP contribution < -0.4 is 4.74 Å². The van der Waals surface area contributed by atoms with E-state index in [0.29, 0.717) is 35.4 Å². The first-order chi connectivity index (χ1) is 10.0. The number of carboxylic acid groups (broad SMARTS) is 1. The molecule has 1 heterocycles. The zero-order valence-electron chi connectivity index (χ0n) is 11.6. The van der Waals surface area contributed by atoms with Crippen molar-refractivity contribution in [3.8, 4) is 5.75 Å². The molecule has 1 N–H and O–H groups in total. The number of rotatable bonds is 9. The van der Waals surface area contributed by atoms with Crippen LogP contribution in [0.5, 0.6) is 5.75 Å². The topological polar surface area (TPSA) is 59.1 Å². The van der Waals surface area contributed by atoms with Crippen molar-refractivity contribution in [1.29, 1.82) is 0 Å². The van der Waals surface area contributed by atoms with Gasteiger partial charge in [-0.1, -0.05) is 36.0 Å². The zero-order valence-corrected chi connectivity index (χ0v) is 13.1. The lowest BCUT2D eigenvalue weighted by Gasteiger charge is -2.08. The molecule has 4 nitrogen and oxygen atoms in total. The van der Waals surface area contributed by atoms with Gasteiger partial charge in [-0.15, -0.1) is 0 Å². The van der Waals surface area contributed by atoms with Crippen molar-refractivity contribution in [2.45, 2.75) is 37.7 Å². The molecular weight excluding hydrogens is 315 g/mol. The molecule has 1 aromatic carbocycles. The number of hydrogen-bond acceptors (Lipinski definition) is 3. The van der Waals surface area contributed by atoms with Crippen LogP contribution in [0.15, 0.2) is 18.2 Å². The number of carboxylic acids is 1. The molecule has 0 spiro atoms. The average Bonchev–Trinajstić information content (AvgIpc) is 3.23. The van der Waals surface area contributed by atoms with Crippen LogP contribution in [-0.4, -0.2) is 29.9 Å². The molecule has 21 heavy (non-hydrogen) atoms. The van der Waals surface area contributed by atoms with Gasteiger partial charge in [0.25, 0.3) is 0 Å². The Balaban J connectivity index is 1.54. The largest absolute Gasteiger partial charge is 0.494 e. The quantitative estimate of drug-likeness (QED) is 0.544. The molecule has 116 valence electrons. The van der Waals surface area contributed by atoms with Crippen LogP contribution in [0.3, 0.4) is 0 Å². The molecule has 1 aliphatic rings. The van der Waals surface area contributed by atoms with Gasteiger partial charge in [-0.05, 0) is 31.4 Å². The van der Waals surface area contributed by atoms with Crippen molar-refractivity contribution in [3.05, 3.63) is 28.2 Å². The Morgan fingerprint density at radius 2 is 1.95 bits per heavy atom. The second-order valence-corrected chi connectivity index (χ2v) is 5.99. The van der Waals surface area contributed by atoms with Gasteiger partial charge in [0.2, 0.25) is 0 Å². The third-order valence-electron chi connectivity index (χ3n) is 3.52. The van der Waals surface area contributed by atoms with E-state index >= 15 is 0 Å². The number of ether oxygens (including phenoxy) is 2. The number of aliphatic carboxylic acids is 1. The lowest BCUT2D eigenvalue weighted by atomic mass is 10.0. The van der Waals surface area contributed by atoms with Crippen molar-refractivity contribution in [2.75, 3.05) is 13.2 Å². The number of carbonyl (C=O) groups is 1. The van der Waals surface area contributed by atoms with Gasteiger partial charge in [0.1, 0.15) is 5.75 Å². The van der Waals surface area contributed by atoms with Gasteiger partial charge in [0.05, 0.1) is 23.3 Å². The van der Waals surface area contributed by atoms with Crippen LogP contribution >= 0.6 is 23.2 Å². The first-order valence-electron chi connectivity index (χ1n) is 6.99. The van der Waals surface area contributed by atoms with Crippen LogP contribution in [0.2, 0.25) is 10.0 Å². The summed E-state index contributed by atoms with van der Waals surface area (Å²) in [5.41, 5.74) is -0.878. The van der Waals surface area contributed by atoms with Crippen molar-refractivity contribution >= 4 is 29.2 Å². The minimum absolute atomic E-state index is 0.350. The standard InChI is InChI=1S/C15H18Cl2O4/c16-12-6-5-11(9-13(12)17)20-8-4-2-1-3-7-15(10-21-15)14(18)19/h5-6,9H,1-4,7-8,10H2,(H,18,19). The summed E-state index contributed by atoms with van der Waals surface area (Å²) in [5.74, 6) is -0.133. The molecular formula is C15H18Cl2O4.